The van der Waals surface area contributed by atoms with Crippen molar-refractivity contribution in [1.82, 2.24) is 0 Å². The van der Waals surface area contributed by atoms with Gasteiger partial charge in [0.25, 0.3) is 0 Å². The zero-order valence-corrected chi connectivity index (χ0v) is 11.3. The molecule has 2 aliphatic rings. The fraction of sp³-hybridized carbons (Fsp3) is 0.375. The predicted octanol–water partition coefficient (Wildman–Crippen LogP) is 2.93. The standard InChI is InChI=1S/C16H16O4/c1-19-15(17)11-8-6-10(7-9-11)14-12-4-2-3-5-13(12)16(18)20-14/h2-5,11H,6-9H2,1H3. The van der Waals surface area contributed by atoms with E-state index in [1.165, 1.54) is 7.11 Å². The normalized spacial score (nSPS) is 21.4. The largest absolute Gasteiger partial charge is 0.469 e. The van der Waals surface area contributed by atoms with Crippen molar-refractivity contribution in [2.45, 2.75) is 25.7 Å². The second-order valence-electron chi connectivity index (χ2n) is 5.17. The summed E-state index contributed by atoms with van der Waals surface area (Å²) in [6.07, 6.45) is 3.06. The molecule has 1 aromatic rings. The van der Waals surface area contributed by atoms with E-state index in [2.05, 4.69) is 0 Å². The summed E-state index contributed by atoms with van der Waals surface area (Å²) in [5.41, 5.74) is 2.64. The molecule has 1 saturated carbocycles. The van der Waals surface area contributed by atoms with Crippen LogP contribution in [0.3, 0.4) is 0 Å². The van der Waals surface area contributed by atoms with Crippen LogP contribution in [0.4, 0.5) is 0 Å². The molecule has 0 saturated heterocycles. The maximum absolute atomic E-state index is 11.8. The second-order valence-corrected chi connectivity index (χ2v) is 5.17. The molecule has 0 unspecified atom stereocenters. The summed E-state index contributed by atoms with van der Waals surface area (Å²) in [5, 5.41) is 0. The number of fused-ring (bicyclic) bond motifs is 1. The number of allylic oxidation sites excluding steroid dienone is 1. The second kappa shape index (κ2) is 5.12. The average Bonchev–Trinajstić information content (AvgIpc) is 2.84. The molecule has 4 heteroatoms. The monoisotopic (exact) mass is 272 g/mol. The van der Waals surface area contributed by atoms with Gasteiger partial charge in [-0.1, -0.05) is 18.2 Å². The maximum Gasteiger partial charge on any atom is 0.344 e. The molecule has 0 radical (unpaired) electrons. The number of hydrogen-bond donors (Lipinski definition) is 0. The molecule has 104 valence electrons. The molecule has 0 aromatic heterocycles. The minimum atomic E-state index is -0.279. The minimum absolute atomic E-state index is 0.0308. The molecule has 1 heterocycles. The lowest BCUT2D eigenvalue weighted by atomic mass is 9.84. The molecular formula is C16H16O4. The highest BCUT2D eigenvalue weighted by Gasteiger charge is 2.31. The Morgan fingerprint density at radius 1 is 1.20 bits per heavy atom. The Labute approximate surface area is 117 Å². The molecule has 0 amide bonds. The average molecular weight is 272 g/mol. The number of carbonyl (C=O) groups is 2. The third-order valence-electron chi connectivity index (χ3n) is 4.03. The predicted molar refractivity (Wildman–Crippen MR) is 72.8 cm³/mol. The fourth-order valence-corrected chi connectivity index (χ4v) is 2.92. The van der Waals surface area contributed by atoms with E-state index >= 15 is 0 Å². The van der Waals surface area contributed by atoms with E-state index < -0.39 is 0 Å². The van der Waals surface area contributed by atoms with Crippen LogP contribution in [0, 0.1) is 5.92 Å². The van der Waals surface area contributed by atoms with Crippen molar-refractivity contribution in [2.75, 3.05) is 7.11 Å². The topological polar surface area (TPSA) is 52.6 Å². The lowest BCUT2D eigenvalue weighted by Gasteiger charge is -2.22. The van der Waals surface area contributed by atoms with E-state index in [1.54, 1.807) is 6.07 Å². The summed E-state index contributed by atoms with van der Waals surface area (Å²) in [6, 6.07) is 7.43. The first-order valence-electron chi connectivity index (χ1n) is 6.82. The van der Waals surface area contributed by atoms with Gasteiger partial charge in [-0.2, -0.15) is 0 Å². The van der Waals surface area contributed by atoms with E-state index in [-0.39, 0.29) is 17.9 Å². The van der Waals surface area contributed by atoms with Gasteiger partial charge in [0.15, 0.2) is 0 Å². The summed E-state index contributed by atoms with van der Waals surface area (Å²) in [4.78, 5) is 23.3. The summed E-state index contributed by atoms with van der Waals surface area (Å²) in [7, 11) is 1.42. The van der Waals surface area contributed by atoms with Gasteiger partial charge in [-0.15, -0.1) is 0 Å². The van der Waals surface area contributed by atoms with Gasteiger partial charge in [-0.05, 0) is 37.3 Å². The molecule has 1 aliphatic carbocycles. The molecule has 20 heavy (non-hydrogen) atoms. The van der Waals surface area contributed by atoms with Gasteiger partial charge in [0.05, 0.1) is 18.6 Å². The molecule has 1 aliphatic heterocycles. The van der Waals surface area contributed by atoms with Crippen LogP contribution >= 0.6 is 0 Å². The third kappa shape index (κ3) is 2.11. The van der Waals surface area contributed by atoms with Gasteiger partial charge in [0.2, 0.25) is 0 Å². The zero-order valence-electron chi connectivity index (χ0n) is 11.3. The number of benzene rings is 1. The van der Waals surface area contributed by atoms with E-state index in [0.717, 1.165) is 36.8 Å². The number of carbonyl (C=O) groups excluding carboxylic acids is 2. The molecule has 3 rings (SSSR count). The van der Waals surface area contributed by atoms with Gasteiger partial charge in [-0.25, -0.2) is 4.79 Å². The van der Waals surface area contributed by atoms with E-state index in [1.807, 2.05) is 18.2 Å². The smallest absolute Gasteiger partial charge is 0.344 e. The van der Waals surface area contributed by atoms with Crippen molar-refractivity contribution in [3.63, 3.8) is 0 Å². The molecular weight excluding hydrogens is 256 g/mol. The molecule has 0 spiro atoms. The van der Waals surface area contributed by atoms with Gasteiger partial charge in [0, 0.05) is 5.56 Å². The van der Waals surface area contributed by atoms with Crippen molar-refractivity contribution in [2.24, 2.45) is 5.92 Å². The van der Waals surface area contributed by atoms with Crippen molar-refractivity contribution >= 4 is 17.7 Å². The van der Waals surface area contributed by atoms with E-state index in [9.17, 15) is 9.59 Å². The third-order valence-corrected chi connectivity index (χ3v) is 4.03. The van der Waals surface area contributed by atoms with Crippen molar-refractivity contribution < 1.29 is 19.1 Å². The molecule has 0 N–H and O–H groups in total. The number of ether oxygens (including phenoxy) is 2. The molecule has 4 nitrogen and oxygen atoms in total. The quantitative estimate of drug-likeness (QED) is 0.738. The van der Waals surface area contributed by atoms with Crippen molar-refractivity contribution in [3.8, 4) is 0 Å². The first kappa shape index (κ1) is 12.9. The van der Waals surface area contributed by atoms with Crippen LogP contribution in [0.2, 0.25) is 0 Å². The van der Waals surface area contributed by atoms with Crippen LogP contribution < -0.4 is 0 Å². The Morgan fingerprint density at radius 3 is 2.50 bits per heavy atom. The van der Waals surface area contributed by atoms with E-state index in [4.69, 9.17) is 9.47 Å². The SMILES string of the molecule is COC(=O)C1CCC(=C2OC(=O)c3ccccc32)CC1. The van der Waals surface area contributed by atoms with Crippen LogP contribution in [-0.2, 0) is 14.3 Å². The number of rotatable bonds is 1. The van der Waals surface area contributed by atoms with Gasteiger partial charge >= 0.3 is 11.9 Å². The van der Waals surface area contributed by atoms with Crippen molar-refractivity contribution in [1.29, 1.82) is 0 Å². The van der Waals surface area contributed by atoms with Crippen LogP contribution in [0.5, 0.6) is 0 Å². The first-order chi connectivity index (χ1) is 9.70. The van der Waals surface area contributed by atoms with Gasteiger partial charge < -0.3 is 9.47 Å². The Hall–Kier alpha value is -2.10. The summed E-state index contributed by atoms with van der Waals surface area (Å²) < 4.78 is 10.2. The number of hydrogen-bond acceptors (Lipinski definition) is 4. The molecule has 1 fully saturated rings. The number of esters is 2. The van der Waals surface area contributed by atoms with Crippen LogP contribution in [0.15, 0.2) is 29.8 Å². The number of cyclic esters (lactones) is 1. The fourth-order valence-electron chi connectivity index (χ4n) is 2.92. The summed E-state index contributed by atoms with van der Waals surface area (Å²) in [6.45, 7) is 0. The van der Waals surface area contributed by atoms with E-state index in [0.29, 0.717) is 11.3 Å². The molecule has 1 aromatic carbocycles. The minimum Gasteiger partial charge on any atom is -0.469 e. The van der Waals surface area contributed by atoms with Gasteiger partial charge in [-0.3, -0.25) is 4.79 Å². The molecule has 0 bridgehead atoms. The van der Waals surface area contributed by atoms with Gasteiger partial charge in [0.1, 0.15) is 5.76 Å². The summed E-state index contributed by atoms with van der Waals surface area (Å²) >= 11 is 0. The molecule has 0 atom stereocenters. The Bertz CT molecular complexity index is 590. The van der Waals surface area contributed by atoms with Crippen LogP contribution in [0.1, 0.15) is 41.6 Å². The Morgan fingerprint density at radius 2 is 1.85 bits per heavy atom. The lowest BCUT2D eigenvalue weighted by Crippen LogP contribution is -2.20. The van der Waals surface area contributed by atoms with Crippen LogP contribution in [0.25, 0.3) is 5.76 Å². The Kier molecular flexibility index (Phi) is 3.30. The summed E-state index contributed by atoms with van der Waals surface area (Å²) in [5.74, 6) is 0.252. The van der Waals surface area contributed by atoms with Crippen molar-refractivity contribution in [3.05, 3.63) is 41.0 Å². The highest BCUT2D eigenvalue weighted by Crippen LogP contribution is 2.38. The van der Waals surface area contributed by atoms with Crippen LogP contribution in [-0.4, -0.2) is 19.0 Å². The Balaban J connectivity index is 1.84. The first-order valence-corrected chi connectivity index (χ1v) is 6.82. The number of methoxy groups -OCH3 is 1. The highest BCUT2D eigenvalue weighted by atomic mass is 16.5. The maximum atomic E-state index is 11.8. The zero-order chi connectivity index (χ0) is 14.1. The lowest BCUT2D eigenvalue weighted by molar-refractivity contribution is -0.146. The highest BCUT2D eigenvalue weighted by molar-refractivity contribution is 6.03.